The molecule has 40 heavy (non-hydrogen) atoms. The second kappa shape index (κ2) is 14.7. The number of thiazole rings is 1. The minimum atomic E-state index is -0.554. The number of ketones is 1. The lowest BCUT2D eigenvalue weighted by Crippen LogP contribution is -2.28. The lowest BCUT2D eigenvalue weighted by atomic mass is 10.1. The number of benzene rings is 2. The number of rotatable bonds is 14. The minimum Gasteiger partial charge on any atom is -0.494 e. The number of anilines is 2. The molecule has 0 aliphatic rings. The maximum absolute atomic E-state index is 12.4. The molecular formula is C27H26ClN5O6S. The van der Waals surface area contributed by atoms with Crippen molar-refractivity contribution in [2.24, 2.45) is 10.2 Å². The molecule has 0 aliphatic heterocycles. The molecule has 0 bridgehead atoms. The van der Waals surface area contributed by atoms with Crippen LogP contribution in [0.3, 0.4) is 0 Å². The van der Waals surface area contributed by atoms with Crippen LogP contribution in [0.5, 0.6) is 5.75 Å². The van der Waals surface area contributed by atoms with Gasteiger partial charge in [0.1, 0.15) is 16.3 Å². The highest BCUT2D eigenvalue weighted by atomic mass is 35.5. The van der Waals surface area contributed by atoms with Gasteiger partial charge in [-0.15, -0.1) is 16.8 Å². The Labute approximate surface area is 239 Å². The molecule has 0 saturated heterocycles. The number of Topliss-reactive ketones (excluding diaryl/α,β-unsaturated/α-hetero) is 1. The van der Waals surface area contributed by atoms with Crippen molar-refractivity contribution in [3.05, 3.63) is 70.7 Å². The molecule has 11 nitrogen and oxygen atoms in total. The Morgan fingerprint density at radius 1 is 1.20 bits per heavy atom. The second-order valence-electron chi connectivity index (χ2n) is 8.13. The maximum atomic E-state index is 12.4. The molecule has 0 spiro atoms. The first-order valence-corrected chi connectivity index (χ1v) is 13.1. The van der Waals surface area contributed by atoms with E-state index in [0.717, 1.165) is 11.3 Å². The van der Waals surface area contributed by atoms with E-state index >= 15 is 0 Å². The van der Waals surface area contributed by atoms with Gasteiger partial charge in [-0.05, 0) is 6.07 Å². The van der Waals surface area contributed by atoms with Crippen LogP contribution < -0.4 is 15.0 Å². The van der Waals surface area contributed by atoms with Crippen LogP contribution in [0.15, 0.2) is 65.3 Å². The number of esters is 1. The van der Waals surface area contributed by atoms with E-state index in [0.29, 0.717) is 35.5 Å². The maximum Gasteiger partial charge on any atom is 0.308 e. The third-order valence-corrected chi connectivity index (χ3v) is 6.56. The van der Waals surface area contributed by atoms with E-state index < -0.39 is 5.97 Å². The molecule has 0 saturated carbocycles. The summed E-state index contributed by atoms with van der Waals surface area (Å²) in [5.41, 5.74) is 1.57. The molecule has 1 aromatic heterocycles. The summed E-state index contributed by atoms with van der Waals surface area (Å²) in [6, 6.07) is 11.8. The summed E-state index contributed by atoms with van der Waals surface area (Å²) in [4.78, 5) is 53.6. The highest BCUT2D eigenvalue weighted by Crippen LogP contribution is 2.40. The average Bonchev–Trinajstić information content (AvgIpc) is 3.32. The molecule has 0 unspecified atom stereocenters. The van der Waals surface area contributed by atoms with Gasteiger partial charge in [0.15, 0.2) is 23.8 Å². The molecule has 0 fully saturated rings. The Bertz CT molecular complexity index is 1430. The van der Waals surface area contributed by atoms with Gasteiger partial charge in [-0.1, -0.05) is 59.3 Å². The topological polar surface area (TPSA) is 140 Å². The Hall–Kier alpha value is -4.42. The van der Waals surface area contributed by atoms with Crippen molar-refractivity contribution in [1.82, 2.24) is 4.98 Å². The molecule has 2 aromatic carbocycles. The fraction of sp³-hybridized carbons (Fsp3) is 0.222. The average molecular weight is 584 g/mol. The van der Waals surface area contributed by atoms with Gasteiger partial charge in [0.05, 0.1) is 24.9 Å². The van der Waals surface area contributed by atoms with Gasteiger partial charge in [-0.25, -0.2) is 4.98 Å². The van der Waals surface area contributed by atoms with Crippen LogP contribution in [0.2, 0.25) is 5.15 Å². The van der Waals surface area contributed by atoms with Crippen molar-refractivity contribution >= 4 is 69.1 Å². The summed E-state index contributed by atoms with van der Waals surface area (Å²) in [5, 5.41) is 11.1. The van der Waals surface area contributed by atoms with Gasteiger partial charge in [-0.2, -0.15) is 0 Å². The number of hydrogen-bond donors (Lipinski definition) is 1. The Balaban J connectivity index is 1.80. The lowest BCUT2D eigenvalue weighted by molar-refractivity contribution is -0.142. The number of methoxy groups -OCH3 is 1. The summed E-state index contributed by atoms with van der Waals surface area (Å²) in [7, 11) is 1.46. The number of nitrogens with one attached hydrogen (secondary N) is 1. The zero-order valence-electron chi connectivity index (χ0n) is 21.8. The van der Waals surface area contributed by atoms with Crippen molar-refractivity contribution in [3.8, 4) is 5.75 Å². The molecular weight excluding hydrogens is 558 g/mol. The van der Waals surface area contributed by atoms with Crippen molar-refractivity contribution in [2.45, 2.75) is 13.3 Å². The quantitative estimate of drug-likeness (QED) is 0.0825. The third-order valence-electron chi connectivity index (χ3n) is 5.29. The van der Waals surface area contributed by atoms with E-state index in [9.17, 15) is 19.2 Å². The van der Waals surface area contributed by atoms with Crippen LogP contribution in [0, 0.1) is 0 Å². The highest BCUT2D eigenvalue weighted by molar-refractivity contribution is 7.17. The number of halogens is 1. The first kappa shape index (κ1) is 30.1. The van der Waals surface area contributed by atoms with Crippen LogP contribution in [-0.2, 0) is 14.3 Å². The first-order chi connectivity index (χ1) is 19.2. The van der Waals surface area contributed by atoms with E-state index in [2.05, 4.69) is 27.1 Å². The third kappa shape index (κ3) is 8.29. The van der Waals surface area contributed by atoms with E-state index in [1.165, 1.54) is 14.0 Å². The van der Waals surface area contributed by atoms with Crippen LogP contribution in [0.1, 0.15) is 33.4 Å². The molecule has 208 valence electrons. The Morgan fingerprint density at radius 2 is 1.95 bits per heavy atom. The van der Waals surface area contributed by atoms with Crippen LogP contribution in [0.25, 0.3) is 0 Å². The Morgan fingerprint density at radius 3 is 2.58 bits per heavy atom. The summed E-state index contributed by atoms with van der Waals surface area (Å²) >= 11 is 6.86. The number of ether oxygens (including phenoxy) is 2. The number of aldehydes is 1. The molecule has 0 aliphatic carbocycles. The number of aromatic nitrogens is 1. The molecule has 0 radical (unpaired) electrons. The van der Waals surface area contributed by atoms with E-state index in [1.54, 1.807) is 53.4 Å². The fourth-order valence-corrected chi connectivity index (χ4v) is 4.36. The van der Waals surface area contributed by atoms with Gasteiger partial charge in [0.25, 0.3) is 0 Å². The minimum absolute atomic E-state index is 0.0204. The van der Waals surface area contributed by atoms with Gasteiger partial charge < -0.3 is 19.7 Å². The van der Waals surface area contributed by atoms with Crippen LogP contribution >= 0.6 is 22.9 Å². The number of hydrogen-bond acceptors (Lipinski definition) is 11. The zero-order chi connectivity index (χ0) is 29.1. The van der Waals surface area contributed by atoms with Gasteiger partial charge >= 0.3 is 5.97 Å². The molecule has 3 aromatic rings. The second-order valence-corrected chi connectivity index (χ2v) is 9.49. The SMILES string of the molecule is C=CCN(CCC(=O)OCC(=O)c1ccccc1)c1cc(NC(C)=O)c(N=Nc2nc(Cl)c(C=O)s2)cc1OC. The predicted molar refractivity (Wildman–Crippen MR) is 153 cm³/mol. The van der Waals surface area contributed by atoms with Crippen molar-refractivity contribution < 1.29 is 28.7 Å². The molecule has 0 atom stereocenters. The molecule has 13 heteroatoms. The van der Waals surface area contributed by atoms with Crippen molar-refractivity contribution in [3.63, 3.8) is 0 Å². The molecule has 3 rings (SSSR count). The standard InChI is InChI=1S/C27H26ClN5O6S/c1-4-11-33(12-10-25(37)39-16-22(36)18-8-6-5-7-9-18)21-13-19(29-17(2)35)20(14-23(21)38-3)31-32-27-30-26(28)24(15-34)40-27/h4-9,13-15H,1,10-12,16H2,2-3H3,(H,29,35). The number of carbonyl (C=O) groups excluding carboxylic acids is 4. The number of carbonyl (C=O) groups is 4. The summed E-state index contributed by atoms with van der Waals surface area (Å²) < 4.78 is 10.7. The lowest BCUT2D eigenvalue weighted by Gasteiger charge is -2.26. The van der Waals surface area contributed by atoms with Gasteiger partial charge in [0.2, 0.25) is 11.0 Å². The van der Waals surface area contributed by atoms with E-state index in [1.807, 2.05) is 0 Å². The normalized spacial score (nSPS) is 10.7. The highest BCUT2D eigenvalue weighted by Gasteiger charge is 2.19. The summed E-state index contributed by atoms with van der Waals surface area (Å²) in [6.07, 6.45) is 2.19. The molecule has 1 heterocycles. The molecule has 1 N–H and O–H groups in total. The van der Waals surface area contributed by atoms with Crippen molar-refractivity contribution in [2.75, 3.05) is 37.0 Å². The largest absolute Gasteiger partial charge is 0.494 e. The van der Waals surface area contributed by atoms with Gasteiger partial charge in [0, 0.05) is 31.6 Å². The first-order valence-electron chi connectivity index (χ1n) is 11.9. The summed E-state index contributed by atoms with van der Waals surface area (Å²) in [5.74, 6) is -0.828. The zero-order valence-corrected chi connectivity index (χ0v) is 23.3. The van der Waals surface area contributed by atoms with E-state index in [4.69, 9.17) is 21.1 Å². The van der Waals surface area contributed by atoms with Gasteiger partial charge in [-0.3, -0.25) is 19.2 Å². The monoisotopic (exact) mass is 583 g/mol. The van der Waals surface area contributed by atoms with Crippen LogP contribution in [-0.4, -0.2) is 55.7 Å². The predicted octanol–water partition coefficient (Wildman–Crippen LogP) is 5.80. The van der Waals surface area contributed by atoms with E-state index in [-0.39, 0.29) is 52.1 Å². The van der Waals surface area contributed by atoms with Crippen molar-refractivity contribution in [1.29, 1.82) is 0 Å². The fourth-order valence-electron chi connectivity index (χ4n) is 3.47. The smallest absolute Gasteiger partial charge is 0.308 e. The number of nitrogens with zero attached hydrogens (tertiary/aromatic N) is 4. The number of amides is 1. The Kier molecular flexibility index (Phi) is 11.0. The van der Waals surface area contributed by atoms with Crippen LogP contribution in [0.4, 0.5) is 22.2 Å². The summed E-state index contributed by atoms with van der Waals surface area (Å²) in [6.45, 7) is 5.30. The molecule has 1 amide bonds. The number of azo groups is 1.